The maximum absolute atomic E-state index is 4.50. The van der Waals surface area contributed by atoms with E-state index in [0.717, 1.165) is 35.0 Å². The Morgan fingerprint density at radius 3 is 3.05 bits per heavy atom. The lowest BCUT2D eigenvalue weighted by Crippen LogP contribution is -2.34. The fraction of sp³-hybridized carbons (Fsp3) is 0.625. The molecular formula is C16H19N3S. The van der Waals surface area contributed by atoms with Gasteiger partial charge in [0.25, 0.3) is 0 Å². The van der Waals surface area contributed by atoms with Crippen molar-refractivity contribution in [1.82, 2.24) is 9.97 Å². The molecule has 2 aromatic rings. The molecule has 3 nitrogen and oxygen atoms in total. The van der Waals surface area contributed by atoms with Gasteiger partial charge in [0.2, 0.25) is 0 Å². The molecule has 0 saturated heterocycles. The van der Waals surface area contributed by atoms with Crippen LogP contribution in [0.3, 0.4) is 0 Å². The summed E-state index contributed by atoms with van der Waals surface area (Å²) in [6.45, 7) is 0. The van der Waals surface area contributed by atoms with Gasteiger partial charge in [0.1, 0.15) is 12.1 Å². The first-order chi connectivity index (χ1) is 9.90. The number of rotatable bonds is 2. The molecule has 3 aliphatic rings. The summed E-state index contributed by atoms with van der Waals surface area (Å²) in [6, 6.07) is 2.74. The van der Waals surface area contributed by atoms with Crippen molar-refractivity contribution >= 4 is 27.4 Å². The Morgan fingerprint density at radius 2 is 2.05 bits per heavy atom. The van der Waals surface area contributed by atoms with Crippen molar-refractivity contribution in [2.24, 2.45) is 23.7 Å². The number of nitrogens with zero attached hydrogens (tertiary/aromatic N) is 2. The summed E-state index contributed by atoms with van der Waals surface area (Å²) >= 11 is 1.75. The number of anilines is 1. The van der Waals surface area contributed by atoms with Crippen LogP contribution < -0.4 is 5.32 Å². The topological polar surface area (TPSA) is 37.8 Å². The van der Waals surface area contributed by atoms with E-state index in [1.807, 2.05) is 0 Å². The van der Waals surface area contributed by atoms with E-state index in [1.54, 1.807) is 17.7 Å². The highest BCUT2D eigenvalue weighted by Gasteiger charge is 2.53. The summed E-state index contributed by atoms with van der Waals surface area (Å²) in [6.07, 6.45) is 8.97. The van der Waals surface area contributed by atoms with Crippen LogP contribution in [0.25, 0.3) is 10.2 Å². The molecular weight excluding hydrogens is 266 g/mol. The Labute approximate surface area is 122 Å². The second kappa shape index (κ2) is 4.17. The van der Waals surface area contributed by atoms with Crippen LogP contribution in [0, 0.1) is 23.7 Å². The third-order valence-corrected chi connectivity index (χ3v) is 6.90. The smallest absolute Gasteiger partial charge is 0.147 e. The van der Waals surface area contributed by atoms with Crippen LogP contribution in [0.1, 0.15) is 32.1 Å². The third-order valence-electron chi connectivity index (χ3n) is 5.99. The van der Waals surface area contributed by atoms with Gasteiger partial charge in [-0.25, -0.2) is 9.97 Å². The molecule has 20 heavy (non-hydrogen) atoms. The predicted octanol–water partition coefficient (Wildman–Crippen LogP) is 3.93. The van der Waals surface area contributed by atoms with Crippen molar-refractivity contribution in [1.29, 1.82) is 0 Å². The molecule has 2 heterocycles. The summed E-state index contributed by atoms with van der Waals surface area (Å²) in [5.74, 6) is 5.03. The number of hydrogen-bond acceptors (Lipinski definition) is 4. The monoisotopic (exact) mass is 285 g/mol. The van der Waals surface area contributed by atoms with E-state index in [2.05, 4.69) is 26.7 Å². The van der Waals surface area contributed by atoms with Gasteiger partial charge < -0.3 is 5.32 Å². The summed E-state index contributed by atoms with van der Waals surface area (Å²) in [5.41, 5.74) is 1.08. The molecule has 104 valence electrons. The summed E-state index contributed by atoms with van der Waals surface area (Å²) < 4.78 is 1.22. The van der Waals surface area contributed by atoms with Crippen molar-refractivity contribution in [2.45, 2.75) is 38.1 Å². The first-order valence-corrected chi connectivity index (χ1v) is 8.73. The SMILES string of the molecule is c1nc(N[C@@H]2C[C@H]3C[C@H]2[C@@H]2CCC[C@H]32)c2sccc2n1. The molecule has 0 unspecified atom stereocenters. The Balaban J connectivity index is 1.44. The van der Waals surface area contributed by atoms with Crippen molar-refractivity contribution in [3.8, 4) is 0 Å². The normalized spacial score (nSPS) is 38.5. The van der Waals surface area contributed by atoms with Crippen molar-refractivity contribution in [3.63, 3.8) is 0 Å². The molecule has 3 saturated carbocycles. The molecule has 0 aromatic carbocycles. The van der Waals surface area contributed by atoms with Gasteiger partial charge in [-0.15, -0.1) is 11.3 Å². The van der Waals surface area contributed by atoms with Crippen molar-refractivity contribution < 1.29 is 0 Å². The molecule has 0 amide bonds. The van der Waals surface area contributed by atoms with Crippen LogP contribution in [0.2, 0.25) is 0 Å². The molecule has 0 radical (unpaired) electrons. The lowest BCUT2D eigenvalue weighted by atomic mass is 9.79. The second-order valence-electron chi connectivity index (χ2n) is 6.76. The zero-order valence-electron chi connectivity index (χ0n) is 11.5. The maximum atomic E-state index is 4.50. The summed E-state index contributed by atoms with van der Waals surface area (Å²) in [7, 11) is 0. The van der Waals surface area contributed by atoms with E-state index in [9.17, 15) is 0 Å². The van der Waals surface area contributed by atoms with E-state index in [0.29, 0.717) is 6.04 Å². The summed E-state index contributed by atoms with van der Waals surface area (Å²) in [5, 5.41) is 5.88. The fourth-order valence-electron chi connectivity index (χ4n) is 5.30. The fourth-order valence-corrected chi connectivity index (χ4v) is 6.10. The Bertz CT molecular complexity index is 652. The molecule has 2 aromatic heterocycles. The van der Waals surface area contributed by atoms with E-state index >= 15 is 0 Å². The molecule has 3 aliphatic carbocycles. The molecule has 0 spiro atoms. The average molecular weight is 285 g/mol. The van der Waals surface area contributed by atoms with Crippen molar-refractivity contribution in [3.05, 3.63) is 17.8 Å². The number of fused-ring (bicyclic) bond motifs is 6. The van der Waals surface area contributed by atoms with E-state index in [-0.39, 0.29) is 0 Å². The zero-order valence-corrected chi connectivity index (χ0v) is 12.3. The first-order valence-electron chi connectivity index (χ1n) is 7.85. The highest BCUT2D eigenvalue weighted by molar-refractivity contribution is 7.17. The van der Waals surface area contributed by atoms with Gasteiger partial charge in [-0.1, -0.05) is 6.42 Å². The van der Waals surface area contributed by atoms with Crippen LogP contribution in [0.5, 0.6) is 0 Å². The molecule has 0 aliphatic heterocycles. The third kappa shape index (κ3) is 1.51. The molecule has 4 heteroatoms. The molecule has 5 rings (SSSR count). The van der Waals surface area contributed by atoms with Gasteiger partial charge in [-0.2, -0.15) is 0 Å². The Hall–Kier alpha value is -1.16. The minimum atomic E-state index is 0.652. The van der Waals surface area contributed by atoms with Gasteiger partial charge in [0, 0.05) is 6.04 Å². The molecule has 1 N–H and O–H groups in total. The average Bonchev–Trinajstić information content (AvgIpc) is 3.20. The maximum Gasteiger partial charge on any atom is 0.147 e. The second-order valence-corrected chi connectivity index (χ2v) is 7.68. The van der Waals surface area contributed by atoms with Crippen LogP contribution in [-0.4, -0.2) is 16.0 Å². The highest BCUT2D eigenvalue weighted by Crippen LogP contribution is 2.59. The standard InChI is InChI=1S/C16H19N3S/c1-2-10-9-6-12(11(10)3-1)14(7-9)19-16-15-13(4-5-20-15)17-8-18-16/h4-5,8-12,14H,1-3,6-7H2,(H,17,18,19)/t9-,10-,11-,12+,14-/m1/s1. The van der Waals surface area contributed by atoms with Crippen molar-refractivity contribution in [2.75, 3.05) is 5.32 Å². The highest BCUT2D eigenvalue weighted by atomic mass is 32.1. The van der Waals surface area contributed by atoms with E-state index in [4.69, 9.17) is 0 Å². The quantitative estimate of drug-likeness (QED) is 0.908. The summed E-state index contributed by atoms with van der Waals surface area (Å²) in [4.78, 5) is 8.84. The molecule has 2 bridgehead atoms. The first kappa shape index (κ1) is 11.5. The lowest BCUT2D eigenvalue weighted by molar-refractivity contribution is 0.243. The van der Waals surface area contributed by atoms with Crippen LogP contribution in [-0.2, 0) is 0 Å². The number of thiophene rings is 1. The van der Waals surface area contributed by atoms with Gasteiger partial charge in [-0.3, -0.25) is 0 Å². The Morgan fingerprint density at radius 1 is 1.10 bits per heavy atom. The number of aromatic nitrogens is 2. The van der Waals surface area contributed by atoms with Gasteiger partial charge >= 0.3 is 0 Å². The van der Waals surface area contributed by atoms with E-state index < -0.39 is 0 Å². The van der Waals surface area contributed by atoms with Gasteiger partial charge in [-0.05, 0) is 60.8 Å². The number of hydrogen-bond donors (Lipinski definition) is 1. The van der Waals surface area contributed by atoms with Crippen LogP contribution in [0.15, 0.2) is 17.8 Å². The Kier molecular flexibility index (Phi) is 2.40. The van der Waals surface area contributed by atoms with Gasteiger partial charge in [0.15, 0.2) is 0 Å². The lowest BCUT2D eigenvalue weighted by Gasteiger charge is -2.32. The van der Waals surface area contributed by atoms with E-state index in [1.165, 1.54) is 36.8 Å². The van der Waals surface area contributed by atoms with Crippen LogP contribution >= 0.6 is 11.3 Å². The predicted molar refractivity (Wildman–Crippen MR) is 81.9 cm³/mol. The number of nitrogens with one attached hydrogen (secondary N) is 1. The van der Waals surface area contributed by atoms with Crippen LogP contribution in [0.4, 0.5) is 5.82 Å². The molecule has 3 fully saturated rings. The minimum Gasteiger partial charge on any atom is -0.366 e. The largest absolute Gasteiger partial charge is 0.366 e. The zero-order chi connectivity index (χ0) is 13.1. The van der Waals surface area contributed by atoms with Gasteiger partial charge in [0.05, 0.1) is 10.2 Å². The molecule has 5 atom stereocenters. The minimum absolute atomic E-state index is 0.652.